The second kappa shape index (κ2) is 7.09. The molecule has 0 spiro atoms. The highest BCUT2D eigenvalue weighted by molar-refractivity contribution is 7.22. The van der Waals surface area contributed by atoms with Crippen LogP contribution < -0.4 is 10.6 Å². The molecule has 0 unspecified atom stereocenters. The van der Waals surface area contributed by atoms with Crippen molar-refractivity contribution in [2.75, 3.05) is 17.2 Å². The van der Waals surface area contributed by atoms with Crippen molar-refractivity contribution < 1.29 is 14.3 Å². The van der Waals surface area contributed by atoms with Crippen LogP contribution in [0.25, 0.3) is 10.2 Å². The van der Waals surface area contributed by atoms with Crippen LogP contribution in [0.15, 0.2) is 36.7 Å². The van der Waals surface area contributed by atoms with Gasteiger partial charge in [0.05, 0.1) is 16.8 Å². The highest BCUT2D eigenvalue weighted by Gasteiger charge is 2.10. The smallest absolute Gasteiger partial charge is 0.413 e. The van der Waals surface area contributed by atoms with Gasteiger partial charge in [-0.15, -0.1) is 0 Å². The van der Waals surface area contributed by atoms with Gasteiger partial charge in [-0.25, -0.2) is 9.78 Å². The van der Waals surface area contributed by atoms with Crippen LogP contribution in [0.3, 0.4) is 0 Å². The number of aromatic nitrogens is 3. The summed E-state index contributed by atoms with van der Waals surface area (Å²) in [5, 5.41) is 9.82. The van der Waals surface area contributed by atoms with Crippen molar-refractivity contribution in [3.8, 4) is 0 Å². The third-order valence-corrected chi connectivity index (χ3v) is 3.96. The number of fused-ring (bicyclic) bond motifs is 1. The fourth-order valence-corrected chi connectivity index (χ4v) is 2.94. The molecule has 2 aromatic heterocycles. The van der Waals surface area contributed by atoms with Crippen molar-refractivity contribution in [2.45, 2.75) is 13.5 Å². The zero-order valence-electron chi connectivity index (χ0n) is 12.9. The second-order valence-electron chi connectivity index (χ2n) is 4.80. The molecule has 3 aromatic rings. The Kier molecular flexibility index (Phi) is 4.71. The van der Waals surface area contributed by atoms with E-state index >= 15 is 0 Å². The van der Waals surface area contributed by atoms with Gasteiger partial charge in [0.1, 0.15) is 6.54 Å². The molecule has 0 saturated heterocycles. The Bertz CT molecular complexity index is 859. The van der Waals surface area contributed by atoms with Crippen molar-refractivity contribution >= 4 is 44.4 Å². The maximum absolute atomic E-state index is 12.0. The summed E-state index contributed by atoms with van der Waals surface area (Å²) in [7, 11) is 0. The monoisotopic (exact) mass is 345 g/mol. The minimum absolute atomic E-state index is 0.142. The Hall–Kier alpha value is -2.94. The Balaban J connectivity index is 1.69. The van der Waals surface area contributed by atoms with Gasteiger partial charge in [-0.05, 0) is 31.2 Å². The van der Waals surface area contributed by atoms with Gasteiger partial charge in [-0.2, -0.15) is 5.10 Å². The van der Waals surface area contributed by atoms with Gasteiger partial charge in [-0.3, -0.25) is 14.8 Å². The number of benzene rings is 1. The Morgan fingerprint density at radius 1 is 1.33 bits per heavy atom. The molecule has 0 radical (unpaired) electrons. The van der Waals surface area contributed by atoms with Gasteiger partial charge >= 0.3 is 6.09 Å². The topological polar surface area (TPSA) is 98.1 Å². The van der Waals surface area contributed by atoms with Crippen molar-refractivity contribution in [1.29, 1.82) is 0 Å². The number of rotatable bonds is 5. The van der Waals surface area contributed by atoms with Gasteiger partial charge in [0.15, 0.2) is 5.13 Å². The van der Waals surface area contributed by atoms with Gasteiger partial charge < -0.3 is 10.1 Å². The fraction of sp³-hybridized carbons (Fsp3) is 0.200. The van der Waals surface area contributed by atoms with E-state index < -0.39 is 6.09 Å². The zero-order valence-corrected chi connectivity index (χ0v) is 13.7. The second-order valence-corrected chi connectivity index (χ2v) is 5.83. The number of nitrogens with zero attached hydrogens (tertiary/aromatic N) is 3. The summed E-state index contributed by atoms with van der Waals surface area (Å²) in [5.74, 6) is -0.174. The van der Waals surface area contributed by atoms with E-state index in [0.717, 1.165) is 10.2 Å². The first-order valence-corrected chi connectivity index (χ1v) is 8.07. The van der Waals surface area contributed by atoms with Crippen LogP contribution in [0.4, 0.5) is 15.6 Å². The third-order valence-electron chi connectivity index (χ3n) is 3.02. The van der Waals surface area contributed by atoms with E-state index in [9.17, 15) is 9.59 Å². The number of amides is 2. The van der Waals surface area contributed by atoms with Crippen molar-refractivity contribution in [3.05, 3.63) is 36.7 Å². The average molecular weight is 345 g/mol. The summed E-state index contributed by atoms with van der Waals surface area (Å²) in [6.07, 6.45) is 2.80. The van der Waals surface area contributed by atoms with E-state index in [-0.39, 0.29) is 12.5 Å². The van der Waals surface area contributed by atoms with Crippen LogP contribution in [0.5, 0.6) is 0 Å². The number of carbonyl (C=O) groups excluding carboxylic acids is 2. The molecule has 0 aliphatic carbocycles. The number of nitrogens with one attached hydrogen (secondary N) is 2. The maximum Gasteiger partial charge on any atom is 0.413 e. The molecule has 0 bridgehead atoms. The van der Waals surface area contributed by atoms with Gasteiger partial charge in [-0.1, -0.05) is 11.3 Å². The molecule has 2 N–H and O–H groups in total. The number of ether oxygens (including phenoxy) is 1. The maximum atomic E-state index is 12.0. The molecule has 24 heavy (non-hydrogen) atoms. The normalized spacial score (nSPS) is 10.5. The highest BCUT2D eigenvalue weighted by atomic mass is 32.1. The molecule has 0 saturated carbocycles. The van der Waals surface area contributed by atoms with Gasteiger partial charge in [0.25, 0.3) is 0 Å². The lowest BCUT2D eigenvalue weighted by Crippen LogP contribution is -2.18. The fourth-order valence-electron chi connectivity index (χ4n) is 2.05. The van der Waals surface area contributed by atoms with Crippen LogP contribution in [-0.4, -0.2) is 33.4 Å². The molecular formula is C15H15N5O3S. The lowest BCUT2D eigenvalue weighted by atomic mass is 10.3. The summed E-state index contributed by atoms with van der Waals surface area (Å²) >= 11 is 1.31. The summed E-state index contributed by atoms with van der Waals surface area (Å²) in [6, 6.07) is 7.11. The molecule has 0 aliphatic heterocycles. The van der Waals surface area contributed by atoms with Crippen molar-refractivity contribution in [2.24, 2.45) is 0 Å². The molecular weight excluding hydrogens is 330 g/mol. The molecule has 124 valence electrons. The van der Waals surface area contributed by atoms with E-state index in [1.54, 1.807) is 42.2 Å². The summed E-state index contributed by atoms with van der Waals surface area (Å²) in [5.41, 5.74) is 1.39. The van der Waals surface area contributed by atoms with Gasteiger partial charge in [0.2, 0.25) is 5.91 Å². The highest BCUT2D eigenvalue weighted by Crippen LogP contribution is 2.28. The molecule has 3 rings (SSSR count). The first-order chi connectivity index (χ1) is 11.6. The predicted octanol–water partition coefficient (Wildman–Crippen LogP) is 2.70. The van der Waals surface area contributed by atoms with Crippen LogP contribution in [0, 0.1) is 0 Å². The Morgan fingerprint density at radius 2 is 2.21 bits per heavy atom. The van der Waals surface area contributed by atoms with Crippen LogP contribution in [-0.2, 0) is 16.1 Å². The standard InChI is InChI=1S/C15H15N5O3S/c1-2-23-15(22)19-14-18-11-5-4-10(8-12(11)24-14)17-13(21)9-20-7-3-6-16-20/h3-8H,2,9H2,1H3,(H,17,21)(H,18,19,22). The van der Waals surface area contributed by atoms with E-state index in [0.29, 0.717) is 17.4 Å². The molecule has 1 aromatic carbocycles. The summed E-state index contributed by atoms with van der Waals surface area (Å²) in [6.45, 7) is 2.17. The van der Waals surface area contributed by atoms with Crippen LogP contribution in [0.1, 0.15) is 6.92 Å². The Labute approximate surface area is 141 Å². The van der Waals surface area contributed by atoms with Crippen LogP contribution in [0.2, 0.25) is 0 Å². The lowest BCUT2D eigenvalue weighted by molar-refractivity contribution is -0.116. The third kappa shape index (κ3) is 3.87. The summed E-state index contributed by atoms with van der Waals surface area (Å²) in [4.78, 5) is 27.7. The van der Waals surface area contributed by atoms with Gasteiger partial charge in [0, 0.05) is 18.1 Å². The summed E-state index contributed by atoms with van der Waals surface area (Å²) < 4.78 is 7.21. The predicted molar refractivity (Wildman–Crippen MR) is 91.1 cm³/mol. The van der Waals surface area contributed by atoms with E-state index in [4.69, 9.17) is 4.74 Å². The van der Waals surface area contributed by atoms with Crippen molar-refractivity contribution in [3.63, 3.8) is 0 Å². The quantitative estimate of drug-likeness (QED) is 0.741. The molecule has 2 amide bonds. The molecule has 8 nitrogen and oxygen atoms in total. The number of thiazole rings is 1. The first-order valence-electron chi connectivity index (χ1n) is 7.25. The van der Waals surface area contributed by atoms with Crippen LogP contribution >= 0.6 is 11.3 Å². The number of hydrogen-bond acceptors (Lipinski definition) is 6. The van der Waals surface area contributed by atoms with E-state index in [1.165, 1.54) is 11.3 Å². The molecule has 0 atom stereocenters. The molecule has 0 fully saturated rings. The van der Waals surface area contributed by atoms with Crippen molar-refractivity contribution in [1.82, 2.24) is 14.8 Å². The van der Waals surface area contributed by atoms with E-state index in [2.05, 4.69) is 20.7 Å². The number of carbonyl (C=O) groups is 2. The molecule has 0 aliphatic rings. The molecule has 2 heterocycles. The Morgan fingerprint density at radius 3 is 2.96 bits per heavy atom. The first kappa shape index (κ1) is 15.9. The number of hydrogen-bond donors (Lipinski definition) is 2. The SMILES string of the molecule is CCOC(=O)Nc1nc2ccc(NC(=O)Cn3cccn3)cc2s1. The van der Waals surface area contributed by atoms with E-state index in [1.807, 2.05) is 6.07 Å². The molecule has 9 heteroatoms. The minimum atomic E-state index is -0.538. The minimum Gasteiger partial charge on any atom is -0.450 e. The lowest BCUT2D eigenvalue weighted by Gasteiger charge is -2.05. The zero-order chi connectivity index (χ0) is 16.9. The number of anilines is 2. The largest absolute Gasteiger partial charge is 0.450 e. The average Bonchev–Trinajstić information content (AvgIpc) is 3.15.